The molecule has 0 spiro atoms. The largest absolute Gasteiger partial charge is 0.336 e. The monoisotopic (exact) mass is 377 g/mol. The van der Waals surface area contributed by atoms with Gasteiger partial charge < -0.3 is 10.6 Å². The van der Waals surface area contributed by atoms with E-state index >= 15 is 0 Å². The SMILES string of the molecule is Cc1sc2ccccc2c1[C@@H]1CC(=O)Nc2cc(N3CCNC3=O)ccc21. The molecule has 1 saturated heterocycles. The predicted octanol–water partition coefficient (Wildman–Crippen LogP) is 4.21. The molecular formula is C21H19N3O2S. The van der Waals surface area contributed by atoms with Gasteiger partial charge in [-0.1, -0.05) is 24.3 Å². The van der Waals surface area contributed by atoms with Crippen molar-refractivity contribution in [3.8, 4) is 0 Å². The van der Waals surface area contributed by atoms with E-state index in [4.69, 9.17) is 0 Å². The second-order valence-corrected chi connectivity index (χ2v) is 8.28. The standard InChI is InChI=1S/C21H19N3O2S/c1-12-20(15-4-2-3-5-18(15)27-12)16-11-19(25)23-17-10-13(6-7-14(16)17)24-9-8-22-21(24)26/h2-7,10,16H,8-9,11H2,1H3,(H,22,26)(H,23,25)/t16-/m1/s1. The van der Waals surface area contributed by atoms with Gasteiger partial charge in [0.25, 0.3) is 0 Å². The van der Waals surface area contributed by atoms with Crippen LogP contribution in [0.3, 0.4) is 0 Å². The van der Waals surface area contributed by atoms with Crippen LogP contribution in [0.5, 0.6) is 0 Å². The lowest BCUT2D eigenvalue weighted by molar-refractivity contribution is -0.116. The van der Waals surface area contributed by atoms with Crippen LogP contribution in [0.15, 0.2) is 42.5 Å². The number of anilines is 2. The van der Waals surface area contributed by atoms with Crippen molar-refractivity contribution in [2.45, 2.75) is 19.3 Å². The second kappa shape index (κ2) is 6.09. The van der Waals surface area contributed by atoms with Crippen molar-refractivity contribution in [3.63, 3.8) is 0 Å². The molecule has 0 radical (unpaired) electrons. The van der Waals surface area contributed by atoms with Crippen molar-refractivity contribution in [1.82, 2.24) is 5.32 Å². The first-order valence-electron chi connectivity index (χ1n) is 9.09. The van der Waals surface area contributed by atoms with Gasteiger partial charge in [-0.25, -0.2) is 4.79 Å². The van der Waals surface area contributed by atoms with E-state index in [1.54, 1.807) is 16.2 Å². The van der Waals surface area contributed by atoms with Gasteiger partial charge in [0.1, 0.15) is 0 Å². The van der Waals surface area contributed by atoms with Crippen LogP contribution in [0, 0.1) is 6.92 Å². The van der Waals surface area contributed by atoms with Gasteiger partial charge in [0.15, 0.2) is 0 Å². The lowest BCUT2D eigenvalue weighted by atomic mass is 9.83. The Morgan fingerprint density at radius 3 is 2.81 bits per heavy atom. The quantitative estimate of drug-likeness (QED) is 0.703. The van der Waals surface area contributed by atoms with Gasteiger partial charge in [-0.3, -0.25) is 9.69 Å². The maximum Gasteiger partial charge on any atom is 0.321 e. The smallest absolute Gasteiger partial charge is 0.321 e. The number of rotatable bonds is 2. The Morgan fingerprint density at radius 1 is 1.15 bits per heavy atom. The third-order valence-corrected chi connectivity index (χ3v) is 6.51. The lowest BCUT2D eigenvalue weighted by Gasteiger charge is -2.28. The van der Waals surface area contributed by atoms with Gasteiger partial charge in [0.05, 0.1) is 0 Å². The molecule has 2 aromatic carbocycles. The zero-order valence-corrected chi connectivity index (χ0v) is 15.7. The average molecular weight is 377 g/mol. The molecule has 0 bridgehead atoms. The molecule has 0 aliphatic carbocycles. The van der Waals surface area contributed by atoms with Crippen molar-refractivity contribution in [2.24, 2.45) is 0 Å². The van der Waals surface area contributed by atoms with Gasteiger partial charge in [0, 0.05) is 46.4 Å². The Bertz CT molecular complexity index is 1090. The highest BCUT2D eigenvalue weighted by molar-refractivity contribution is 7.19. The molecule has 0 unspecified atom stereocenters. The molecule has 3 amide bonds. The number of carbonyl (C=O) groups is 2. The fraction of sp³-hybridized carbons (Fsp3) is 0.238. The van der Waals surface area contributed by atoms with Crippen molar-refractivity contribution in [3.05, 3.63) is 58.5 Å². The topological polar surface area (TPSA) is 61.4 Å². The summed E-state index contributed by atoms with van der Waals surface area (Å²) in [5.74, 6) is 0.0524. The summed E-state index contributed by atoms with van der Waals surface area (Å²) in [6.07, 6.45) is 0.443. The summed E-state index contributed by atoms with van der Waals surface area (Å²) in [7, 11) is 0. The highest BCUT2D eigenvalue weighted by atomic mass is 32.1. The number of carbonyl (C=O) groups excluding carboxylic acids is 2. The van der Waals surface area contributed by atoms with E-state index in [1.165, 1.54) is 20.5 Å². The summed E-state index contributed by atoms with van der Waals surface area (Å²) in [6, 6.07) is 14.3. The summed E-state index contributed by atoms with van der Waals surface area (Å²) in [4.78, 5) is 27.4. The molecule has 1 atom stereocenters. The van der Waals surface area contributed by atoms with Crippen LogP contribution >= 0.6 is 11.3 Å². The van der Waals surface area contributed by atoms with Gasteiger partial charge >= 0.3 is 6.03 Å². The molecule has 2 aliphatic rings. The number of nitrogens with one attached hydrogen (secondary N) is 2. The van der Waals surface area contributed by atoms with Crippen LogP contribution in [0.2, 0.25) is 0 Å². The Labute approximate surface area is 161 Å². The Hall–Kier alpha value is -2.86. The average Bonchev–Trinajstić information content (AvgIpc) is 3.22. The molecule has 136 valence electrons. The second-order valence-electron chi connectivity index (χ2n) is 7.03. The number of aryl methyl sites for hydroxylation is 1. The van der Waals surface area contributed by atoms with Crippen molar-refractivity contribution in [2.75, 3.05) is 23.3 Å². The van der Waals surface area contributed by atoms with E-state index in [2.05, 4.69) is 47.9 Å². The zero-order valence-electron chi connectivity index (χ0n) is 14.9. The summed E-state index contributed by atoms with van der Waals surface area (Å²) < 4.78 is 1.25. The number of benzene rings is 2. The number of urea groups is 1. The first kappa shape index (κ1) is 16.3. The molecule has 5 nitrogen and oxygen atoms in total. The predicted molar refractivity (Wildman–Crippen MR) is 109 cm³/mol. The van der Waals surface area contributed by atoms with Crippen LogP contribution < -0.4 is 15.5 Å². The van der Waals surface area contributed by atoms with Gasteiger partial charge in [-0.05, 0) is 41.6 Å². The van der Waals surface area contributed by atoms with E-state index in [-0.39, 0.29) is 17.9 Å². The van der Waals surface area contributed by atoms with Crippen LogP contribution in [0.1, 0.15) is 28.3 Å². The van der Waals surface area contributed by atoms with Crippen molar-refractivity contribution >= 4 is 44.7 Å². The van der Waals surface area contributed by atoms with E-state index in [1.807, 2.05) is 12.1 Å². The van der Waals surface area contributed by atoms with Gasteiger partial charge in [-0.2, -0.15) is 0 Å². The lowest BCUT2D eigenvalue weighted by Crippen LogP contribution is -2.28. The molecule has 1 fully saturated rings. The molecule has 3 heterocycles. The van der Waals surface area contributed by atoms with E-state index in [0.29, 0.717) is 19.5 Å². The van der Waals surface area contributed by atoms with Crippen molar-refractivity contribution < 1.29 is 9.59 Å². The van der Waals surface area contributed by atoms with Crippen molar-refractivity contribution in [1.29, 1.82) is 0 Å². The van der Waals surface area contributed by atoms with Gasteiger partial charge in [-0.15, -0.1) is 11.3 Å². The molecule has 2 N–H and O–H groups in total. The maximum atomic E-state index is 12.5. The minimum Gasteiger partial charge on any atom is -0.336 e. The Morgan fingerprint density at radius 2 is 2.00 bits per heavy atom. The number of nitrogens with zero attached hydrogens (tertiary/aromatic N) is 1. The van der Waals surface area contributed by atoms with Crippen LogP contribution in [-0.2, 0) is 4.79 Å². The van der Waals surface area contributed by atoms with E-state index < -0.39 is 0 Å². The van der Waals surface area contributed by atoms with E-state index in [9.17, 15) is 9.59 Å². The molecule has 27 heavy (non-hydrogen) atoms. The highest BCUT2D eigenvalue weighted by Crippen LogP contribution is 2.45. The number of hydrogen-bond donors (Lipinski definition) is 2. The maximum absolute atomic E-state index is 12.5. The summed E-state index contributed by atoms with van der Waals surface area (Å²) in [5.41, 5.74) is 3.99. The summed E-state index contributed by atoms with van der Waals surface area (Å²) >= 11 is 1.78. The van der Waals surface area contributed by atoms with Crippen LogP contribution in [0.4, 0.5) is 16.2 Å². The molecule has 5 rings (SSSR count). The van der Waals surface area contributed by atoms with E-state index in [0.717, 1.165) is 16.9 Å². The first-order valence-corrected chi connectivity index (χ1v) is 9.90. The third kappa shape index (κ3) is 2.59. The molecular weight excluding hydrogens is 358 g/mol. The Balaban J connectivity index is 1.63. The molecule has 0 saturated carbocycles. The minimum atomic E-state index is -0.0895. The highest BCUT2D eigenvalue weighted by Gasteiger charge is 2.31. The minimum absolute atomic E-state index is 0.0187. The summed E-state index contributed by atoms with van der Waals surface area (Å²) in [5, 5.41) is 7.05. The molecule has 1 aromatic heterocycles. The summed E-state index contributed by atoms with van der Waals surface area (Å²) in [6.45, 7) is 3.42. The fourth-order valence-electron chi connectivity index (χ4n) is 4.22. The molecule has 3 aromatic rings. The molecule has 6 heteroatoms. The van der Waals surface area contributed by atoms with Crippen LogP contribution in [-0.4, -0.2) is 25.0 Å². The molecule has 2 aliphatic heterocycles. The third-order valence-electron chi connectivity index (χ3n) is 5.41. The number of amides is 3. The zero-order chi connectivity index (χ0) is 18.5. The number of thiophene rings is 1. The number of fused-ring (bicyclic) bond motifs is 2. The van der Waals surface area contributed by atoms with Gasteiger partial charge in [0.2, 0.25) is 5.91 Å². The normalized spacial score (nSPS) is 19.1. The fourth-order valence-corrected chi connectivity index (χ4v) is 5.34. The number of hydrogen-bond acceptors (Lipinski definition) is 3. The van der Waals surface area contributed by atoms with Crippen LogP contribution in [0.25, 0.3) is 10.1 Å². The first-order chi connectivity index (χ1) is 13.1. The Kier molecular flexibility index (Phi) is 3.68.